The number of nitrogens with zero attached hydrogens (tertiary/aromatic N) is 1. The van der Waals surface area contributed by atoms with Crippen LogP contribution < -0.4 is 0 Å². The second-order valence-corrected chi connectivity index (χ2v) is 10.0. The Labute approximate surface area is 229 Å². The number of unbranched alkanes of at least 4 members (excludes halogenated alkanes) is 8. The van der Waals surface area contributed by atoms with Crippen molar-refractivity contribution in [2.45, 2.75) is 105 Å². The zero-order valence-corrected chi connectivity index (χ0v) is 24.0. The Balaban J connectivity index is 1.71. The van der Waals surface area contributed by atoms with E-state index in [9.17, 15) is 4.79 Å². The lowest BCUT2D eigenvalue weighted by Crippen LogP contribution is -2.17. The number of aliphatic imine (C=N–C) groups is 1. The van der Waals surface area contributed by atoms with Crippen molar-refractivity contribution in [3.63, 3.8) is 0 Å². The summed E-state index contributed by atoms with van der Waals surface area (Å²) in [4.78, 5) is 24.8. The normalized spacial score (nSPS) is 14.4. The number of ether oxygens (including phenoxy) is 2. The molecule has 0 fully saturated rings. The number of nitrogens with one attached hydrogen (secondary N) is 2. The molecule has 0 unspecified atom stereocenters. The van der Waals surface area contributed by atoms with E-state index in [4.69, 9.17) is 14.5 Å². The average Bonchev–Trinajstić information content (AvgIpc) is 3.63. The van der Waals surface area contributed by atoms with Gasteiger partial charge >= 0.3 is 5.97 Å². The van der Waals surface area contributed by atoms with Gasteiger partial charge in [0.25, 0.3) is 0 Å². The third-order valence-electron chi connectivity index (χ3n) is 6.83. The standard InChI is InChI=1S/C32H47N3O3/c1-5-9-10-11-12-13-14-15-16-18-25-19-20-26(33-25)23-28-31(37-7-3)29(32(36)38-8-4)30(35-28)27-22-21-24(34-27)17-6-2/h19-23,33-34H,5-18H2,1-4H3/b28-23-. The highest BCUT2D eigenvalue weighted by Crippen LogP contribution is 2.32. The van der Waals surface area contributed by atoms with Crippen molar-refractivity contribution >= 4 is 17.8 Å². The van der Waals surface area contributed by atoms with Gasteiger partial charge in [-0.2, -0.15) is 0 Å². The molecule has 0 bridgehead atoms. The monoisotopic (exact) mass is 521 g/mol. The molecular formula is C32H47N3O3. The van der Waals surface area contributed by atoms with Crippen LogP contribution >= 0.6 is 0 Å². The van der Waals surface area contributed by atoms with E-state index in [1.165, 1.54) is 63.5 Å². The second kappa shape index (κ2) is 16.1. The molecule has 2 aromatic heterocycles. The quantitative estimate of drug-likeness (QED) is 0.154. The van der Waals surface area contributed by atoms with E-state index in [1.54, 1.807) is 0 Å². The van der Waals surface area contributed by atoms with Gasteiger partial charge in [0.15, 0.2) is 5.76 Å². The maximum Gasteiger partial charge on any atom is 0.344 e. The van der Waals surface area contributed by atoms with E-state index < -0.39 is 5.97 Å². The number of esters is 1. The first-order valence-electron chi connectivity index (χ1n) is 14.8. The molecule has 0 radical (unpaired) electrons. The Kier molecular flexibility index (Phi) is 12.5. The summed E-state index contributed by atoms with van der Waals surface area (Å²) in [5, 5.41) is 0. The minimum Gasteiger partial charge on any atom is -0.491 e. The SMILES string of the molecule is CCCCCCCCCCCc1ccc(/C=C2\N=C(c3ccc(CCC)[nH]3)C(C(=O)OCC)=C2OCC)[nH]1. The van der Waals surface area contributed by atoms with Crippen LogP contribution in [-0.2, 0) is 27.1 Å². The van der Waals surface area contributed by atoms with Gasteiger partial charge in [-0.15, -0.1) is 0 Å². The first-order valence-corrected chi connectivity index (χ1v) is 14.8. The average molecular weight is 522 g/mol. The van der Waals surface area contributed by atoms with E-state index in [-0.39, 0.29) is 0 Å². The smallest absolute Gasteiger partial charge is 0.344 e. The number of aromatic nitrogens is 2. The largest absolute Gasteiger partial charge is 0.491 e. The Bertz CT molecular complexity index is 1100. The van der Waals surface area contributed by atoms with Crippen LogP contribution in [0.1, 0.15) is 115 Å². The van der Waals surface area contributed by atoms with Gasteiger partial charge in [-0.25, -0.2) is 9.79 Å². The van der Waals surface area contributed by atoms with E-state index in [0.717, 1.165) is 36.3 Å². The van der Waals surface area contributed by atoms with E-state index >= 15 is 0 Å². The molecule has 6 nitrogen and oxygen atoms in total. The maximum atomic E-state index is 13.0. The number of hydrogen-bond acceptors (Lipinski definition) is 4. The summed E-state index contributed by atoms with van der Waals surface area (Å²) in [6.07, 6.45) is 16.9. The number of carbonyl (C=O) groups is 1. The Morgan fingerprint density at radius 2 is 1.47 bits per heavy atom. The fraction of sp³-hybridized carbons (Fsp3) is 0.562. The van der Waals surface area contributed by atoms with Crippen molar-refractivity contribution in [3.8, 4) is 0 Å². The highest BCUT2D eigenvalue weighted by molar-refractivity contribution is 6.29. The van der Waals surface area contributed by atoms with Crippen LogP contribution in [0.15, 0.2) is 46.3 Å². The van der Waals surface area contributed by atoms with Crippen molar-refractivity contribution in [1.29, 1.82) is 0 Å². The lowest BCUT2D eigenvalue weighted by atomic mass is 10.1. The number of aryl methyl sites for hydroxylation is 2. The van der Waals surface area contributed by atoms with Gasteiger partial charge in [0.1, 0.15) is 17.0 Å². The van der Waals surface area contributed by atoms with Crippen LogP contribution in [0.4, 0.5) is 0 Å². The molecule has 0 saturated heterocycles. The van der Waals surface area contributed by atoms with Crippen molar-refractivity contribution in [3.05, 3.63) is 64.1 Å². The van der Waals surface area contributed by atoms with E-state index in [2.05, 4.69) is 42.0 Å². The molecule has 0 aliphatic carbocycles. The number of carbonyl (C=O) groups excluding carboxylic acids is 1. The summed E-state index contributed by atoms with van der Waals surface area (Å²) in [5.41, 5.74) is 5.68. The molecule has 0 amide bonds. The highest BCUT2D eigenvalue weighted by atomic mass is 16.5. The van der Waals surface area contributed by atoms with Crippen LogP contribution in [-0.4, -0.2) is 34.9 Å². The van der Waals surface area contributed by atoms with Crippen LogP contribution in [0.25, 0.3) is 6.08 Å². The Morgan fingerprint density at radius 1 is 0.789 bits per heavy atom. The van der Waals surface area contributed by atoms with Crippen molar-refractivity contribution in [1.82, 2.24) is 9.97 Å². The summed E-state index contributed by atoms with van der Waals surface area (Å²) in [6.45, 7) is 8.85. The molecule has 0 atom stereocenters. The van der Waals surface area contributed by atoms with Gasteiger partial charge in [-0.3, -0.25) is 0 Å². The molecule has 0 saturated carbocycles. The van der Waals surface area contributed by atoms with E-state index in [1.807, 2.05) is 26.0 Å². The predicted octanol–water partition coefficient (Wildman–Crippen LogP) is 8.07. The number of aromatic amines is 2. The first-order chi connectivity index (χ1) is 18.6. The lowest BCUT2D eigenvalue weighted by Gasteiger charge is -2.09. The molecule has 38 heavy (non-hydrogen) atoms. The summed E-state index contributed by atoms with van der Waals surface area (Å²) in [7, 11) is 0. The van der Waals surface area contributed by atoms with Crippen LogP contribution in [0.5, 0.6) is 0 Å². The zero-order valence-electron chi connectivity index (χ0n) is 24.0. The number of hydrogen-bond donors (Lipinski definition) is 2. The molecule has 6 heteroatoms. The molecular weight excluding hydrogens is 474 g/mol. The van der Waals surface area contributed by atoms with Crippen molar-refractivity contribution < 1.29 is 14.3 Å². The molecule has 208 valence electrons. The molecule has 3 rings (SSSR count). The van der Waals surface area contributed by atoms with Crippen molar-refractivity contribution in [2.75, 3.05) is 13.2 Å². The minimum atomic E-state index is -0.415. The van der Waals surface area contributed by atoms with Crippen LogP contribution in [0.3, 0.4) is 0 Å². The van der Waals surface area contributed by atoms with Gasteiger partial charge in [0.05, 0.1) is 18.9 Å². The van der Waals surface area contributed by atoms with Crippen molar-refractivity contribution in [2.24, 2.45) is 4.99 Å². The molecule has 3 heterocycles. The Morgan fingerprint density at radius 3 is 2.16 bits per heavy atom. The molecule has 0 aromatic carbocycles. The fourth-order valence-electron chi connectivity index (χ4n) is 4.89. The third kappa shape index (κ3) is 8.50. The summed E-state index contributed by atoms with van der Waals surface area (Å²) >= 11 is 0. The van der Waals surface area contributed by atoms with Crippen LogP contribution in [0, 0.1) is 0 Å². The lowest BCUT2D eigenvalue weighted by molar-refractivity contribution is -0.138. The van der Waals surface area contributed by atoms with Gasteiger partial charge in [0, 0.05) is 17.1 Å². The van der Waals surface area contributed by atoms with E-state index in [0.29, 0.717) is 36.0 Å². The van der Waals surface area contributed by atoms with Gasteiger partial charge in [-0.1, -0.05) is 71.6 Å². The minimum absolute atomic E-state index is 0.290. The molecule has 0 spiro atoms. The number of rotatable bonds is 18. The van der Waals surface area contributed by atoms with Gasteiger partial charge in [0.2, 0.25) is 0 Å². The summed E-state index contributed by atoms with van der Waals surface area (Å²) in [6, 6.07) is 8.25. The molecule has 1 aliphatic rings. The zero-order chi connectivity index (χ0) is 27.2. The second-order valence-electron chi connectivity index (χ2n) is 10.0. The topological polar surface area (TPSA) is 79.5 Å². The maximum absolute atomic E-state index is 13.0. The molecule has 2 N–H and O–H groups in total. The predicted molar refractivity (Wildman–Crippen MR) is 156 cm³/mol. The van der Waals surface area contributed by atoms with Gasteiger partial charge in [-0.05, 0) is 63.5 Å². The van der Waals surface area contributed by atoms with Crippen LogP contribution in [0.2, 0.25) is 0 Å². The Hall–Kier alpha value is -3.02. The molecule has 1 aliphatic heterocycles. The molecule has 2 aromatic rings. The first kappa shape index (κ1) is 29.5. The summed E-state index contributed by atoms with van der Waals surface area (Å²) in [5.74, 6) is 0.0601. The summed E-state index contributed by atoms with van der Waals surface area (Å²) < 4.78 is 11.4. The fourth-order valence-corrected chi connectivity index (χ4v) is 4.89. The highest BCUT2D eigenvalue weighted by Gasteiger charge is 2.33. The third-order valence-corrected chi connectivity index (χ3v) is 6.83. The number of H-pyrrole nitrogens is 2. The van der Waals surface area contributed by atoms with Gasteiger partial charge < -0.3 is 19.4 Å².